The lowest BCUT2D eigenvalue weighted by molar-refractivity contribution is 0.101. The zero-order chi connectivity index (χ0) is 12.3. The van der Waals surface area contributed by atoms with Crippen LogP contribution in [0.2, 0.25) is 6.32 Å². The van der Waals surface area contributed by atoms with Gasteiger partial charge in [0.2, 0.25) is 0 Å². The molecule has 1 aromatic carbocycles. The van der Waals surface area contributed by atoms with Gasteiger partial charge in [-0.05, 0) is 6.07 Å². The summed E-state index contributed by atoms with van der Waals surface area (Å²) in [5, 5.41) is 0. The molecule has 0 spiro atoms. The van der Waals surface area contributed by atoms with Crippen molar-refractivity contribution in [1.82, 2.24) is 9.80 Å². The molecule has 0 unspecified atom stereocenters. The van der Waals surface area contributed by atoms with Crippen LogP contribution < -0.4 is 0 Å². The minimum Gasteiger partial charge on any atom is -0.394 e. The van der Waals surface area contributed by atoms with E-state index >= 15 is 0 Å². The summed E-state index contributed by atoms with van der Waals surface area (Å²) in [6.07, 6.45) is 4.85. The van der Waals surface area contributed by atoms with E-state index in [4.69, 9.17) is 0 Å². The molecule has 0 saturated carbocycles. The first kappa shape index (κ1) is 11.8. The summed E-state index contributed by atoms with van der Waals surface area (Å²) in [7, 11) is 3.81. The van der Waals surface area contributed by atoms with Crippen molar-refractivity contribution >= 4 is 13.1 Å². The van der Waals surface area contributed by atoms with Crippen LogP contribution in [-0.2, 0) is 0 Å². The Morgan fingerprint density at radius 3 is 2.35 bits per heavy atom. The molecule has 1 heterocycles. The number of carbonyl (C=O) groups excluding carboxylic acids is 1. The summed E-state index contributed by atoms with van der Waals surface area (Å²) in [6.45, 7) is 0. The van der Waals surface area contributed by atoms with Crippen molar-refractivity contribution in [3.63, 3.8) is 0 Å². The number of hydrogen-bond acceptors (Lipinski definition) is 3. The third kappa shape index (κ3) is 2.70. The van der Waals surface area contributed by atoms with Crippen molar-refractivity contribution in [2.45, 2.75) is 12.4 Å². The Labute approximate surface area is 103 Å². The Balaban J connectivity index is 1.89. The van der Waals surface area contributed by atoms with Crippen molar-refractivity contribution in [2.24, 2.45) is 0 Å². The molecular weight excluding hydrogens is 211 g/mol. The highest BCUT2D eigenvalue weighted by Crippen LogP contribution is 2.12. The molecule has 0 aromatic heterocycles. The van der Waals surface area contributed by atoms with E-state index in [0.29, 0.717) is 12.4 Å². The number of carbonyl (C=O) groups is 1. The molecule has 4 heteroatoms. The molecule has 0 aliphatic carbocycles. The lowest BCUT2D eigenvalue weighted by Gasteiger charge is -2.32. The molecule has 0 atom stereocenters. The second-order valence-corrected chi connectivity index (χ2v) is 4.81. The maximum absolute atomic E-state index is 12.0. The fourth-order valence-corrected chi connectivity index (χ4v) is 2.52. The highest BCUT2D eigenvalue weighted by atomic mass is 16.1. The lowest BCUT2D eigenvalue weighted by atomic mass is 9.67. The highest BCUT2D eigenvalue weighted by Gasteiger charge is 2.15. The minimum atomic E-state index is -0.327. The SMILES string of the molecule is CN1C=CN(C)C1[BH2-]CC(=O)c1ccccc1. The third-order valence-electron chi connectivity index (χ3n) is 3.70. The first-order valence-corrected chi connectivity index (χ1v) is 6.26. The van der Waals surface area contributed by atoms with Gasteiger partial charge in [-0.25, -0.2) is 0 Å². The van der Waals surface area contributed by atoms with Gasteiger partial charge in [0.1, 0.15) is 5.78 Å². The maximum atomic E-state index is 12.0. The molecule has 0 amide bonds. The van der Waals surface area contributed by atoms with Crippen LogP contribution >= 0.6 is 0 Å². The topological polar surface area (TPSA) is 23.6 Å². The smallest absolute Gasteiger partial charge is 0.128 e. The van der Waals surface area contributed by atoms with Crippen LogP contribution in [0.5, 0.6) is 0 Å². The molecule has 0 fully saturated rings. The maximum Gasteiger partial charge on any atom is 0.128 e. The van der Waals surface area contributed by atoms with E-state index in [1.165, 1.54) is 0 Å². The van der Waals surface area contributed by atoms with Gasteiger partial charge in [-0.15, -0.1) is 6.32 Å². The predicted octanol–water partition coefficient (Wildman–Crippen LogP) is 1.09. The van der Waals surface area contributed by atoms with Crippen molar-refractivity contribution in [2.75, 3.05) is 14.1 Å². The molecular formula is C13H18BN2O-. The Kier molecular flexibility index (Phi) is 3.52. The molecule has 3 nitrogen and oxygen atoms in total. The molecule has 1 aromatic rings. The van der Waals surface area contributed by atoms with Crippen LogP contribution in [0.25, 0.3) is 0 Å². The van der Waals surface area contributed by atoms with Gasteiger partial charge in [-0.3, -0.25) is 4.79 Å². The van der Waals surface area contributed by atoms with E-state index in [1.807, 2.05) is 30.3 Å². The average Bonchev–Trinajstić information content (AvgIpc) is 2.67. The fourth-order valence-electron chi connectivity index (χ4n) is 2.52. The molecule has 0 bridgehead atoms. The van der Waals surface area contributed by atoms with Crippen molar-refractivity contribution in [1.29, 1.82) is 0 Å². The van der Waals surface area contributed by atoms with Gasteiger partial charge < -0.3 is 9.80 Å². The van der Waals surface area contributed by atoms with Gasteiger partial charge >= 0.3 is 0 Å². The van der Waals surface area contributed by atoms with E-state index in [0.717, 1.165) is 5.56 Å². The Morgan fingerprint density at radius 1 is 1.18 bits per heavy atom. The van der Waals surface area contributed by atoms with E-state index in [1.54, 1.807) is 0 Å². The molecule has 90 valence electrons. The van der Waals surface area contributed by atoms with E-state index in [-0.39, 0.29) is 13.1 Å². The van der Waals surface area contributed by atoms with Crippen molar-refractivity contribution in [3.05, 3.63) is 48.3 Å². The van der Waals surface area contributed by atoms with Crippen LogP contribution in [-0.4, -0.2) is 43.0 Å². The largest absolute Gasteiger partial charge is 0.394 e. The number of rotatable bonds is 4. The number of Topliss-reactive ketones (excluding diaryl/α,β-unsaturated/α-hetero) is 1. The molecule has 0 saturated heterocycles. The first-order chi connectivity index (χ1) is 8.18. The Hall–Kier alpha value is -1.71. The zero-order valence-corrected chi connectivity index (χ0v) is 10.6. The fraction of sp³-hybridized carbons (Fsp3) is 0.308. The number of nitrogens with zero attached hydrogens (tertiary/aromatic N) is 2. The van der Waals surface area contributed by atoms with Crippen LogP contribution in [0.4, 0.5) is 0 Å². The minimum absolute atomic E-state index is 0.277. The van der Waals surface area contributed by atoms with Gasteiger partial charge in [0, 0.05) is 39.3 Å². The molecule has 0 radical (unpaired) electrons. The summed E-state index contributed by atoms with van der Waals surface area (Å²) < 4.78 is 0. The molecule has 1 aliphatic heterocycles. The molecule has 2 rings (SSSR count). The summed E-state index contributed by atoms with van der Waals surface area (Å²) in [4.78, 5) is 16.4. The summed E-state index contributed by atoms with van der Waals surface area (Å²) in [5.74, 6) is 0.277. The highest BCUT2D eigenvalue weighted by molar-refractivity contribution is 6.44. The predicted molar refractivity (Wildman–Crippen MR) is 72.6 cm³/mol. The molecule has 17 heavy (non-hydrogen) atoms. The Bertz CT molecular complexity index is 407. The van der Waals surface area contributed by atoms with E-state index in [2.05, 4.69) is 36.3 Å². The summed E-state index contributed by atoms with van der Waals surface area (Å²) >= 11 is 0. The second-order valence-electron chi connectivity index (χ2n) is 4.81. The normalized spacial score (nSPS) is 15.6. The quantitative estimate of drug-likeness (QED) is 0.570. The Morgan fingerprint density at radius 2 is 1.76 bits per heavy atom. The average molecular weight is 229 g/mol. The first-order valence-electron chi connectivity index (χ1n) is 6.26. The number of benzene rings is 1. The van der Waals surface area contributed by atoms with Crippen molar-refractivity contribution < 1.29 is 4.79 Å². The summed E-state index contributed by atoms with van der Waals surface area (Å²) in [6, 6.07) is 10.0. The van der Waals surface area contributed by atoms with Gasteiger partial charge in [0.05, 0.1) is 0 Å². The van der Waals surface area contributed by atoms with E-state index in [9.17, 15) is 4.79 Å². The van der Waals surface area contributed by atoms with Crippen LogP contribution in [0.3, 0.4) is 0 Å². The van der Waals surface area contributed by atoms with Gasteiger partial charge in [0.15, 0.2) is 0 Å². The van der Waals surface area contributed by atoms with E-state index < -0.39 is 0 Å². The number of ketones is 1. The second kappa shape index (κ2) is 5.08. The van der Waals surface area contributed by atoms with Gasteiger partial charge in [-0.2, -0.15) is 0 Å². The van der Waals surface area contributed by atoms with Gasteiger partial charge in [-0.1, -0.05) is 30.3 Å². The standard InChI is InChI=1S/C13H18BN2O/c1-15-8-9-16(2)13(15)14-10-12(17)11-6-4-3-5-7-11/h3-9,13H,10,14H2,1-2H3/q-1. The zero-order valence-electron chi connectivity index (χ0n) is 10.6. The molecule has 1 aliphatic rings. The van der Waals surface area contributed by atoms with Crippen LogP contribution in [0.15, 0.2) is 42.7 Å². The molecule has 0 N–H and O–H groups in total. The van der Waals surface area contributed by atoms with Crippen LogP contribution in [0.1, 0.15) is 10.4 Å². The summed E-state index contributed by atoms with van der Waals surface area (Å²) in [5.41, 5.74) is 0.840. The third-order valence-corrected chi connectivity index (χ3v) is 3.70. The van der Waals surface area contributed by atoms with Gasteiger partial charge in [0.25, 0.3) is 0 Å². The number of hydrogen-bond donors (Lipinski definition) is 0. The van der Waals surface area contributed by atoms with Crippen molar-refractivity contribution in [3.8, 4) is 0 Å². The monoisotopic (exact) mass is 229 g/mol. The van der Waals surface area contributed by atoms with Crippen LogP contribution in [0, 0.1) is 0 Å². The lowest BCUT2D eigenvalue weighted by Crippen LogP contribution is -2.40.